The number of carbonyl (C=O) groups excluding carboxylic acids is 1. The quantitative estimate of drug-likeness (QED) is 0.277. The number of pyridine rings is 1. The Morgan fingerprint density at radius 3 is 2.43 bits per heavy atom. The summed E-state index contributed by atoms with van der Waals surface area (Å²) in [5, 5.41) is 17.5. The molecular weight excluding hydrogens is 472 g/mol. The Labute approximate surface area is 212 Å². The maximum atomic E-state index is 13.0. The fourth-order valence-corrected chi connectivity index (χ4v) is 4.37. The number of aryl methyl sites for hydroxylation is 3. The first-order chi connectivity index (χ1) is 17.8. The molecule has 3 aromatic carbocycles. The zero-order valence-corrected chi connectivity index (χ0v) is 20.3. The molecule has 2 N–H and O–H groups in total. The van der Waals surface area contributed by atoms with Crippen LogP contribution in [-0.2, 0) is 13.0 Å². The monoisotopic (exact) mass is 496 g/mol. The van der Waals surface area contributed by atoms with Crippen molar-refractivity contribution in [1.82, 2.24) is 4.57 Å². The van der Waals surface area contributed by atoms with Gasteiger partial charge in [0.2, 0.25) is 0 Å². The van der Waals surface area contributed by atoms with E-state index >= 15 is 0 Å². The lowest BCUT2D eigenvalue weighted by atomic mass is 10.0. The molecule has 1 aliphatic heterocycles. The summed E-state index contributed by atoms with van der Waals surface area (Å²) in [5.41, 5.74) is 5.72. The molecule has 1 amide bonds. The Bertz CT molecular complexity index is 1610. The van der Waals surface area contributed by atoms with Gasteiger partial charge in [-0.3, -0.25) is 19.7 Å². The maximum absolute atomic E-state index is 13.0. The van der Waals surface area contributed by atoms with E-state index in [1.54, 1.807) is 41.1 Å². The number of nitro groups is 1. The van der Waals surface area contributed by atoms with Crippen LogP contribution in [0.3, 0.4) is 0 Å². The van der Waals surface area contributed by atoms with E-state index in [1.165, 1.54) is 13.2 Å². The summed E-state index contributed by atoms with van der Waals surface area (Å²) in [6, 6.07) is 19.3. The molecule has 0 unspecified atom stereocenters. The van der Waals surface area contributed by atoms with E-state index in [4.69, 9.17) is 4.74 Å². The van der Waals surface area contributed by atoms with Crippen molar-refractivity contribution in [2.45, 2.75) is 19.9 Å². The third-order valence-corrected chi connectivity index (χ3v) is 6.37. The Hall–Kier alpha value is -4.92. The lowest BCUT2D eigenvalue weighted by molar-refractivity contribution is -0.385. The lowest BCUT2D eigenvalue weighted by Crippen LogP contribution is -2.19. The highest BCUT2D eigenvalue weighted by atomic mass is 16.6. The molecule has 9 heteroatoms. The minimum absolute atomic E-state index is 0.0402. The van der Waals surface area contributed by atoms with E-state index in [1.807, 2.05) is 37.3 Å². The fraction of sp³-hybridized carbons (Fsp3) is 0.143. The fourth-order valence-electron chi connectivity index (χ4n) is 4.37. The molecule has 0 saturated carbocycles. The van der Waals surface area contributed by atoms with E-state index < -0.39 is 4.92 Å². The van der Waals surface area contributed by atoms with Crippen LogP contribution < -0.4 is 20.9 Å². The van der Waals surface area contributed by atoms with Gasteiger partial charge >= 0.3 is 5.69 Å². The Morgan fingerprint density at radius 2 is 1.68 bits per heavy atom. The molecule has 0 saturated heterocycles. The number of hydrogen-bond donors (Lipinski definition) is 2. The van der Waals surface area contributed by atoms with Gasteiger partial charge in [-0.25, -0.2) is 0 Å². The second-order valence-electron chi connectivity index (χ2n) is 8.85. The van der Waals surface area contributed by atoms with Crippen LogP contribution in [0.15, 0.2) is 77.7 Å². The van der Waals surface area contributed by atoms with Gasteiger partial charge in [-0.2, -0.15) is 0 Å². The second-order valence-corrected chi connectivity index (χ2v) is 8.85. The number of hydrogen-bond acceptors (Lipinski definition) is 6. The minimum atomic E-state index is -0.490. The highest BCUT2D eigenvalue weighted by Gasteiger charge is 2.21. The molecule has 37 heavy (non-hydrogen) atoms. The van der Waals surface area contributed by atoms with Gasteiger partial charge in [0.15, 0.2) is 5.75 Å². The van der Waals surface area contributed by atoms with Gasteiger partial charge in [-0.05, 0) is 78.1 Å². The summed E-state index contributed by atoms with van der Waals surface area (Å²) in [7, 11) is 1.39. The summed E-state index contributed by atoms with van der Waals surface area (Å²) in [4.78, 5) is 35.9. The van der Waals surface area contributed by atoms with Crippen LogP contribution in [0.25, 0.3) is 11.1 Å². The number of benzene rings is 3. The number of ether oxygens (including phenoxy) is 1. The molecule has 4 aromatic rings. The molecule has 0 bridgehead atoms. The summed E-state index contributed by atoms with van der Waals surface area (Å²) >= 11 is 0. The molecule has 1 aliphatic rings. The van der Waals surface area contributed by atoms with Gasteiger partial charge in [0.1, 0.15) is 0 Å². The van der Waals surface area contributed by atoms with Gasteiger partial charge < -0.3 is 19.9 Å². The Kier molecular flexibility index (Phi) is 6.19. The van der Waals surface area contributed by atoms with Crippen molar-refractivity contribution in [1.29, 1.82) is 0 Å². The predicted molar refractivity (Wildman–Crippen MR) is 142 cm³/mol. The molecule has 0 aliphatic carbocycles. The summed E-state index contributed by atoms with van der Waals surface area (Å²) in [6.45, 7) is 2.42. The highest BCUT2D eigenvalue weighted by Crippen LogP contribution is 2.37. The van der Waals surface area contributed by atoms with E-state index in [9.17, 15) is 19.7 Å². The van der Waals surface area contributed by atoms with Gasteiger partial charge in [-0.1, -0.05) is 12.1 Å². The first-order valence-electron chi connectivity index (χ1n) is 11.7. The van der Waals surface area contributed by atoms with Crippen molar-refractivity contribution in [2.75, 3.05) is 17.7 Å². The second kappa shape index (κ2) is 9.62. The van der Waals surface area contributed by atoms with E-state index in [2.05, 4.69) is 10.6 Å². The van der Waals surface area contributed by atoms with Crippen molar-refractivity contribution in [3.05, 3.63) is 110 Å². The zero-order valence-electron chi connectivity index (χ0n) is 20.3. The van der Waals surface area contributed by atoms with Gasteiger partial charge in [0.25, 0.3) is 11.5 Å². The van der Waals surface area contributed by atoms with Crippen LogP contribution in [0.5, 0.6) is 5.75 Å². The standard InChI is InChI=1S/C28H24N4O5/c1-17-9-11-31(27(33)13-17)12-10-18-3-7-22-24(14-18)30-28(34)21-6-4-19(15-23(21)29-22)20-5-8-25(32(35)36)26(16-20)37-2/h3-9,11,13-16,29H,10,12H2,1-2H3,(H,30,34). The number of nitrogens with zero attached hydrogens (tertiary/aromatic N) is 2. The molecule has 0 atom stereocenters. The van der Waals surface area contributed by atoms with E-state index in [0.717, 1.165) is 27.9 Å². The van der Waals surface area contributed by atoms with Crippen molar-refractivity contribution in [3.63, 3.8) is 0 Å². The SMILES string of the molecule is COc1cc(-c2ccc3c(c2)Nc2ccc(CCn4ccc(C)cc4=O)cc2NC3=O)ccc1[N+](=O)[O-]. The molecule has 0 fully saturated rings. The van der Waals surface area contributed by atoms with Crippen molar-refractivity contribution < 1.29 is 14.5 Å². The third kappa shape index (κ3) is 4.79. The third-order valence-electron chi connectivity index (χ3n) is 6.37. The number of nitrogens with one attached hydrogen (secondary N) is 2. The number of nitro benzene ring substituents is 1. The van der Waals surface area contributed by atoms with Gasteiger partial charge in [0, 0.05) is 24.9 Å². The van der Waals surface area contributed by atoms with E-state index in [0.29, 0.717) is 29.9 Å². The van der Waals surface area contributed by atoms with Gasteiger partial charge in [-0.15, -0.1) is 0 Å². The molecule has 9 nitrogen and oxygen atoms in total. The number of carbonyl (C=O) groups is 1. The first-order valence-corrected chi connectivity index (χ1v) is 11.7. The highest BCUT2D eigenvalue weighted by molar-refractivity contribution is 6.12. The number of anilines is 3. The average Bonchev–Trinajstić information content (AvgIpc) is 3.02. The van der Waals surface area contributed by atoms with Crippen LogP contribution in [0.2, 0.25) is 0 Å². The Balaban J connectivity index is 1.41. The summed E-state index contributed by atoms with van der Waals surface area (Å²) < 4.78 is 6.86. The van der Waals surface area contributed by atoms with Gasteiger partial charge in [0.05, 0.1) is 34.7 Å². The molecule has 0 spiro atoms. The first kappa shape index (κ1) is 23.8. The normalized spacial score (nSPS) is 12.0. The molecule has 2 heterocycles. The number of rotatable bonds is 6. The maximum Gasteiger partial charge on any atom is 0.310 e. The van der Waals surface area contributed by atoms with Crippen LogP contribution >= 0.6 is 0 Å². The molecule has 5 rings (SSSR count). The van der Waals surface area contributed by atoms with Crippen LogP contribution in [0.4, 0.5) is 22.7 Å². The number of methoxy groups -OCH3 is 1. The summed E-state index contributed by atoms with van der Waals surface area (Å²) in [5.74, 6) is -0.0881. The number of aromatic nitrogens is 1. The molecular formula is C28H24N4O5. The lowest BCUT2D eigenvalue weighted by Gasteiger charge is -2.12. The topological polar surface area (TPSA) is 116 Å². The number of fused-ring (bicyclic) bond motifs is 2. The molecule has 186 valence electrons. The molecule has 1 aromatic heterocycles. The minimum Gasteiger partial charge on any atom is -0.490 e. The Morgan fingerprint density at radius 1 is 0.892 bits per heavy atom. The predicted octanol–water partition coefficient (Wildman–Crippen LogP) is 5.29. The van der Waals surface area contributed by atoms with E-state index in [-0.39, 0.29) is 22.9 Å². The van der Waals surface area contributed by atoms with Crippen molar-refractivity contribution >= 4 is 28.7 Å². The van der Waals surface area contributed by atoms with Crippen LogP contribution in [0.1, 0.15) is 21.5 Å². The summed E-state index contributed by atoms with van der Waals surface area (Å²) in [6.07, 6.45) is 2.42. The van der Waals surface area contributed by atoms with Crippen molar-refractivity contribution in [2.24, 2.45) is 0 Å². The van der Waals surface area contributed by atoms with Crippen molar-refractivity contribution in [3.8, 4) is 16.9 Å². The smallest absolute Gasteiger partial charge is 0.310 e. The molecule has 0 radical (unpaired) electrons. The largest absolute Gasteiger partial charge is 0.490 e. The average molecular weight is 497 g/mol. The number of amides is 1. The zero-order chi connectivity index (χ0) is 26.1. The van der Waals surface area contributed by atoms with Crippen LogP contribution in [0, 0.1) is 17.0 Å². The van der Waals surface area contributed by atoms with Crippen LogP contribution in [-0.4, -0.2) is 22.5 Å².